The topological polar surface area (TPSA) is 26.0 Å². The summed E-state index contributed by atoms with van der Waals surface area (Å²) in [6.45, 7) is 2.07. The van der Waals surface area contributed by atoms with Crippen LogP contribution in [0.3, 0.4) is 0 Å². The number of hydrogen-bond acceptors (Lipinski definition) is 0. The summed E-state index contributed by atoms with van der Waals surface area (Å²) < 4.78 is 0. The predicted octanol–water partition coefficient (Wildman–Crippen LogP) is 4.57. The summed E-state index contributed by atoms with van der Waals surface area (Å²) in [5, 5.41) is 4.57. The number of halogens is 2. The molecule has 0 aromatic heterocycles. The molecule has 0 saturated heterocycles. The molecule has 3 aromatic rings. The number of aryl methyl sites for hydroxylation is 1. The second-order valence-corrected chi connectivity index (χ2v) is 6.34. The van der Waals surface area contributed by atoms with Gasteiger partial charge in [-0.1, -0.05) is 59.6 Å². The lowest BCUT2D eigenvalue weighted by Crippen LogP contribution is -2.69. The fourth-order valence-electron chi connectivity index (χ4n) is 2.40. The lowest BCUT2D eigenvalue weighted by Gasteiger charge is -2.06. The Balaban J connectivity index is 2.04. The summed E-state index contributed by atoms with van der Waals surface area (Å²) in [6, 6.07) is 23.6. The Labute approximate surface area is 151 Å². The maximum absolute atomic E-state index is 6.11. The van der Waals surface area contributed by atoms with Crippen molar-refractivity contribution in [2.45, 2.75) is 6.92 Å². The molecule has 0 bridgehead atoms. The Bertz CT molecular complexity index is 854. The summed E-state index contributed by atoms with van der Waals surface area (Å²) in [4.78, 5) is 3.47. The highest BCUT2D eigenvalue weighted by Gasteiger charge is 2.13. The Morgan fingerprint density at radius 2 is 1.46 bits per heavy atom. The van der Waals surface area contributed by atoms with E-state index in [1.807, 2.05) is 60.7 Å². The van der Waals surface area contributed by atoms with E-state index in [4.69, 9.17) is 23.2 Å². The Morgan fingerprint density at radius 3 is 2.12 bits per heavy atom. The van der Waals surface area contributed by atoms with Gasteiger partial charge in [-0.2, -0.15) is 0 Å². The molecule has 0 radical (unpaired) electrons. The van der Waals surface area contributed by atoms with E-state index in [1.54, 1.807) is 6.07 Å². The molecule has 3 rings (SSSR count). The fraction of sp³-hybridized carbons (Fsp3) is 0.0500. The van der Waals surface area contributed by atoms with Gasteiger partial charge in [0.2, 0.25) is 0 Å². The minimum Gasteiger partial charge on any atom is -0.240 e. The van der Waals surface area contributed by atoms with Crippen LogP contribution in [0.2, 0.25) is 10.0 Å². The lowest BCUT2D eigenvalue weighted by molar-refractivity contribution is -0.353. The molecule has 0 fully saturated rings. The zero-order valence-corrected chi connectivity index (χ0v) is 14.7. The van der Waals surface area contributed by atoms with Gasteiger partial charge in [-0.3, -0.25) is 0 Å². The summed E-state index contributed by atoms with van der Waals surface area (Å²) in [6.07, 6.45) is 0. The van der Waals surface area contributed by atoms with Crippen LogP contribution in [0.15, 0.2) is 72.8 Å². The second-order valence-electron chi connectivity index (χ2n) is 5.46. The molecule has 0 amide bonds. The third kappa shape index (κ3) is 4.16. The van der Waals surface area contributed by atoms with Crippen molar-refractivity contribution in [3.63, 3.8) is 0 Å². The van der Waals surface area contributed by atoms with Gasteiger partial charge in [0, 0.05) is 22.2 Å². The highest BCUT2D eigenvalue weighted by atomic mass is 35.5. The number of hydrogen-bond donors (Lipinski definition) is 2. The molecule has 24 heavy (non-hydrogen) atoms. The van der Waals surface area contributed by atoms with E-state index in [2.05, 4.69) is 23.3 Å². The first-order valence-corrected chi connectivity index (χ1v) is 8.35. The standard InChI is InChI=1S/C20H16Cl2N2/c1-14-7-5-6-10-19(14)24-20(15-8-3-2-4-9-15)23-18-12-16(21)11-17(22)13-18/h2-13H,1H3,(H,23,24)/p+1. The van der Waals surface area contributed by atoms with E-state index in [9.17, 15) is 0 Å². The average molecular weight is 356 g/mol. The molecule has 0 atom stereocenters. The van der Waals surface area contributed by atoms with Gasteiger partial charge in [0.05, 0.1) is 5.56 Å². The van der Waals surface area contributed by atoms with Gasteiger partial charge >= 0.3 is 0 Å². The molecule has 0 saturated carbocycles. The third-order valence-electron chi connectivity index (χ3n) is 3.60. The zero-order chi connectivity index (χ0) is 16.9. The van der Waals surface area contributed by atoms with Gasteiger partial charge in [-0.25, -0.2) is 10.3 Å². The number of anilines is 1. The number of nitrogens with one attached hydrogen (secondary N) is 2. The molecule has 0 unspecified atom stereocenters. The Kier molecular flexibility index (Phi) is 5.19. The summed E-state index contributed by atoms with van der Waals surface area (Å²) in [5.41, 5.74) is 4.07. The van der Waals surface area contributed by atoms with Crippen LogP contribution in [0.4, 0.5) is 11.4 Å². The van der Waals surface area contributed by atoms with Gasteiger partial charge in [0.25, 0.3) is 5.84 Å². The largest absolute Gasteiger partial charge is 0.285 e. The molecular formula is C20H17Cl2N2+. The van der Waals surface area contributed by atoms with Gasteiger partial charge in [-0.15, -0.1) is 0 Å². The van der Waals surface area contributed by atoms with Crippen LogP contribution in [-0.2, 0) is 0 Å². The quantitative estimate of drug-likeness (QED) is 0.522. The SMILES string of the molecule is Cc1ccccc1[NH+]=C(Nc1cc(Cl)cc(Cl)c1)c1ccccc1. The first-order valence-electron chi connectivity index (χ1n) is 7.60. The molecule has 0 heterocycles. The minimum absolute atomic E-state index is 0.591. The maximum Gasteiger partial charge on any atom is 0.285 e. The predicted molar refractivity (Wildman–Crippen MR) is 102 cm³/mol. The molecule has 3 aromatic carbocycles. The van der Waals surface area contributed by atoms with Gasteiger partial charge < -0.3 is 0 Å². The van der Waals surface area contributed by atoms with E-state index in [1.165, 1.54) is 0 Å². The van der Waals surface area contributed by atoms with Crippen molar-refractivity contribution in [1.82, 2.24) is 0 Å². The van der Waals surface area contributed by atoms with Crippen molar-refractivity contribution >= 4 is 40.4 Å². The van der Waals surface area contributed by atoms with Crippen molar-refractivity contribution < 1.29 is 4.99 Å². The van der Waals surface area contributed by atoms with Crippen LogP contribution in [0.1, 0.15) is 11.1 Å². The molecule has 0 spiro atoms. The normalized spacial score (nSPS) is 11.4. The molecular weight excluding hydrogens is 339 g/mol. The van der Waals surface area contributed by atoms with Crippen LogP contribution >= 0.6 is 23.2 Å². The average Bonchev–Trinajstić information content (AvgIpc) is 2.56. The van der Waals surface area contributed by atoms with E-state index < -0.39 is 0 Å². The van der Waals surface area contributed by atoms with Crippen molar-refractivity contribution in [3.05, 3.63) is 94.0 Å². The monoisotopic (exact) mass is 355 g/mol. The first-order chi connectivity index (χ1) is 11.6. The molecule has 4 heteroatoms. The minimum atomic E-state index is 0.591. The molecule has 2 nitrogen and oxygen atoms in total. The smallest absolute Gasteiger partial charge is 0.240 e. The van der Waals surface area contributed by atoms with Crippen LogP contribution < -0.4 is 10.3 Å². The van der Waals surface area contributed by atoms with E-state index in [0.29, 0.717) is 10.0 Å². The number of benzene rings is 3. The number of amidine groups is 1. The number of para-hydroxylation sites is 1. The van der Waals surface area contributed by atoms with Crippen LogP contribution in [0.5, 0.6) is 0 Å². The molecule has 0 aliphatic carbocycles. The van der Waals surface area contributed by atoms with Gasteiger partial charge in [-0.05, 0) is 36.8 Å². The van der Waals surface area contributed by atoms with Crippen molar-refractivity contribution in [2.75, 3.05) is 5.32 Å². The van der Waals surface area contributed by atoms with Crippen molar-refractivity contribution in [1.29, 1.82) is 0 Å². The highest BCUT2D eigenvalue weighted by Crippen LogP contribution is 2.22. The summed E-state index contributed by atoms with van der Waals surface area (Å²) >= 11 is 12.2. The van der Waals surface area contributed by atoms with E-state index in [-0.39, 0.29) is 0 Å². The van der Waals surface area contributed by atoms with Crippen LogP contribution in [0.25, 0.3) is 0 Å². The molecule has 0 aliphatic rings. The lowest BCUT2D eigenvalue weighted by atomic mass is 10.1. The van der Waals surface area contributed by atoms with Gasteiger partial charge in [0.1, 0.15) is 11.4 Å². The van der Waals surface area contributed by atoms with Gasteiger partial charge in [0.15, 0.2) is 0 Å². The highest BCUT2D eigenvalue weighted by molar-refractivity contribution is 6.35. The molecule has 2 N–H and O–H groups in total. The first kappa shape index (κ1) is 16.6. The third-order valence-corrected chi connectivity index (χ3v) is 4.04. The fourth-order valence-corrected chi connectivity index (χ4v) is 2.92. The second kappa shape index (κ2) is 7.52. The van der Waals surface area contributed by atoms with Crippen LogP contribution in [-0.4, -0.2) is 5.84 Å². The molecule has 0 aliphatic heterocycles. The summed E-state index contributed by atoms with van der Waals surface area (Å²) in [7, 11) is 0. The zero-order valence-electron chi connectivity index (χ0n) is 13.2. The van der Waals surface area contributed by atoms with E-state index >= 15 is 0 Å². The molecule has 120 valence electrons. The summed E-state index contributed by atoms with van der Waals surface area (Å²) in [5.74, 6) is 0.864. The maximum atomic E-state index is 6.11. The van der Waals surface area contributed by atoms with Crippen LogP contribution in [0, 0.1) is 6.92 Å². The number of rotatable bonds is 3. The van der Waals surface area contributed by atoms with E-state index in [0.717, 1.165) is 28.3 Å². The van der Waals surface area contributed by atoms with Crippen molar-refractivity contribution in [3.8, 4) is 0 Å². The Hall–Kier alpha value is -2.29. The Morgan fingerprint density at radius 1 is 0.833 bits per heavy atom. The van der Waals surface area contributed by atoms with Crippen molar-refractivity contribution in [2.24, 2.45) is 0 Å².